The van der Waals surface area contributed by atoms with Crippen molar-refractivity contribution in [3.05, 3.63) is 64.7 Å². The number of esters is 2. The van der Waals surface area contributed by atoms with Crippen LogP contribution in [0.5, 0.6) is 0 Å². The van der Waals surface area contributed by atoms with Gasteiger partial charge >= 0.3 is 11.9 Å². The smallest absolute Gasteiger partial charge is 0.337 e. The van der Waals surface area contributed by atoms with Gasteiger partial charge in [-0.05, 0) is 37.1 Å². The number of benzene rings is 2. The van der Waals surface area contributed by atoms with E-state index in [0.717, 1.165) is 10.5 Å². The molecule has 1 N–H and O–H groups in total. The predicted molar refractivity (Wildman–Crippen MR) is 117 cm³/mol. The number of methoxy groups -OCH3 is 1. The first-order valence-corrected chi connectivity index (χ1v) is 10.0. The van der Waals surface area contributed by atoms with Gasteiger partial charge in [0.1, 0.15) is 5.76 Å². The SMILES string of the molecule is CCOC(=O)CCc1cccc(C(O)=C2C(=O)N(C(C)=O)c3cc(C(=O)OC)ccc32)c1. The number of ether oxygens (including phenoxy) is 2. The van der Waals surface area contributed by atoms with Crippen LogP contribution in [0.25, 0.3) is 11.3 Å². The summed E-state index contributed by atoms with van der Waals surface area (Å²) in [5, 5.41) is 11.0. The van der Waals surface area contributed by atoms with Gasteiger partial charge in [-0.25, -0.2) is 9.69 Å². The number of imide groups is 1. The first kappa shape index (κ1) is 22.7. The molecule has 2 amide bonds. The molecular weight excluding hydrogens is 414 g/mol. The molecule has 0 radical (unpaired) electrons. The lowest BCUT2D eigenvalue weighted by atomic mass is 9.99. The third-order valence-electron chi connectivity index (χ3n) is 5.02. The molecule has 2 aromatic rings. The average molecular weight is 437 g/mol. The van der Waals surface area contributed by atoms with Crippen molar-refractivity contribution in [2.24, 2.45) is 0 Å². The van der Waals surface area contributed by atoms with Crippen molar-refractivity contribution >= 4 is 40.8 Å². The molecule has 3 rings (SSSR count). The van der Waals surface area contributed by atoms with Crippen LogP contribution in [0.2, 0.25) is 0 Å². The van der Waals surface area contributed by atoms with Crippen LogP contribution in [0, 0.1) is 0 Å². The standard InChI is InChI=1S/C24H23NO7/c1-4-32-20(27)11-8-15-6-5-7-16(12-15)22(28)21-18-10-9-17(24(30)31-3)13-19(18)25(14(2)26)23(21)29/h5-7,9-10,12-13,28H,4,8,11H2,1-3H3. The van der Waals surface area contributed by atoms with Gasteiger partial charge in [-0.3, -0.25) is 14.4 Å². The van der Waals surface area contributed by atoms with Crippen LogP contribution < -0.4 is 4.90 Å². The van der Waals surface area contributed by atoms with Crippen molar-refractivity contribution in [1.82, 2.24) is 0 Å². The van der Waals surface area contributed by atoms with Crippen LogP contribution >= 0.6 is 0 Å². The molecular formula is C24H23NO7. The average Bonchev–Trinajstić information content (AvgIpc) is 3.08. The van der Waals surface area contributed by atoms with Gasteiger partial charge in [0.05, 0.1) is 30.5 Å². The van der Waals surface area contributed by atoms with Crippen molar-refractivity contribution in [1.29, 1.82) is 0 Å². The van der Waals surface area contributed by atoms with Gasteiger partial charge in [0, 0.05) is 24.5 Å². The minimum absolute atomic E-state index is 0.0471. The second-order valence-electron chi connectivity index (χ2n) is 7.11. The number of carbonyl (C=O) groups excluding carboxylic acids is 4. The largest absolute Gasteiger partial charge is 0.506 e. The fourth-order valence-electron chi connectivity index (χ4n) is 3.55. The molecule has 166 valence electrons. The second-order valence-corrected chi connectivity index (χ2v) is 7.11. The summed E-state index contributed by atoms with van der Waals surface area (Å²) in [6, 6.07) is 11.2. The summed E-state index contributed by atoms with van der Waals surface area (Å²) >= 11 is 0. The number of nitrogens with zero attached hydrogens (tertiary/aromatic N) is 1. The zero-order valence-electron chi connectivity index (χ0n) is 18.0. The van der Waals surface area contributed by atoms with E-state index >= 15 is 0 Å². The Morgan fingerprint density at radius 3 is 2.47 bits per heavy atom. The lowest BCUT2D eigenvalue weighted by Gasteiger charge is -2.12. The van der Waals surface area contributed by atoms with Crippen molar-refractivity contribution < 1.29 is 33.8 Å². The summed E-state index contributed by atoms with van der Waals surface area (Å²) in [5.41, 5.74) is 1.79. The van der Waals surface area contributed by atoms with E-state index in [0.29, 0.717) is 24.2 Å². The molecule has 1 aliphatic heterocycles. The number of hydrogen-bond acceptors (Lipinski definition) is 7. The first-order valence-electron chi connectivity index (χ1n) is 10.0. The number of anilines is 1. The Balaban J connectivity index is 2.03. The topological polar surface area (TPSA) is 110 Å². The number of aliphatic hydroxyl groups is 1. The van der Waals surface area contributed by atoms with Crippen LogP contribution in [0.3, 0.4) is 0 Å². The Labute approximate surface area is 185 Å². The maximum Gasteiger partial charge on any atom is 0.337 e. The molecule has 0 bridgehead atoms. The molecule has 0 aromatic heterocycles. The molecule has 0 fully saturated rings. The Hall–Kier alpha value is -3.94. The van der Waals surface area contributed by atoms with Crippen molar-refractivity contribution in [3.63, 3.8) is 0 Å². The number of amides is 2. The highest BCUT2D eigenvalue weighted by Crippen LogP contribution is 2.41. The molecule has 8 heteroatoms. The number of hydrogen-bond donors (Lipinski definition) is 1. The maximum absolute atomic E-state index is 13.1. The highest BCUT2D eigenvalue weighted by molar-refractivity contribution is 6.42. The minimum Gasteiger partial charge on any atom is -0.506 e. The Bertz CT molecular complexity index is 1130. The maximum atomic E-state index is 13.1. The third-order valence-corrected chi connectivity index (χ3v) is 5.02. The predicted octanol–water partition coefficient (Wildman–Crippen LogP) is 3.29. The van der Waals surface area contributed by atoms with Crippen LogP contribution in [0.4, 0.5) is 5.69 Å². The van der Waals surface area contributed by atoms with Gasteiger partial charge in [0.15, 0.2) is 0 Å². The second kappa shape index (κ2) is 9.47. The summed E-state index contributed by atoms with van der Waals surface area (Å²) in [5.74, 6) is -2.48. The van der Waals surface area contributed by atoms with E-state index in [9.17, 15) is 24.3 Å². The fourth-order valence-corrected chi connectivity index (χ4v) is 3.55. The van der Waals surface area contributed by atoms with E-state index in [2.05, 4.69) is 0 Å². The molecule has 32 heavy (non-hydrogen) atoms. The number of fused-ring (bicyclic) bond motifs is 1. The van der Waals surface area contributed by atoms with E-state index in [1.54, 1.807) is 31.2 Å². The monoisotopic (exact) mass is 437 g/mol. The molecule has 0 aliphatic carbocycles. The van der Waals surface area contributed by atoms with E-state index in [-0.39, 0.29) is 35.0 Å². The lowest BCUT2D eigenvalue weighted by molar-refractivity contribution is -0.143. The fraction of sp³-hybridized carbons (Fsp3) is 0.250. The van der Waals surface area contributed by atoms with Crippen molar-refractivity contribution in [2.45, 2.75) is 26.7 Å². The van der Waals surface area contributed by atoms with E-state index in [4.69, 9.17) is 9.47 Å². The molecule has 8 nitrogen and oxygen atoms in total. The number of rotatable bonds is 6. The van der Waals surface area contributed by atoms with Crippen LogP contribution in [0.15, 0.2) is 42.5 Å². The number of aryl methyl sites for hydroxylation is 1. The van der Waals surface area contributed by atoms with Gasteiger partial charge in [-0.2, -0.15) is 0 Å². The molecule has 1 aliphatic rings. The van der Waals surface area contributed by atoms with Gasteiger partial charge in [-0.1, -0.05) is 24.3 Å². The van der Waals surface area contributed by atoms with Crippen molar-refractivity contribution in [3.8, 4) is 0 Å². The van der Waals surface area contributed by atoms with Crippen LogP contribution in [0.1, 0.15) is 47.3 Å². The Morgan fingerprint density at radius 1 is 1.06 bits per heavy atom. The quantitative estimate of drug-likeness (QED) is 0.419. The number of aliphatic hydroxyl groups excluding tert-OH is 1. The highest BCUT2D eigenvalue weighted by atomic mass is 16.5. The minimum atomic E-state index is -0.691. The van der Waals surface area contributed by atoms with Gasteiger partial charge in [0.25, 0.3) is 5.91 Å². The Morgan fingerprint density at radius 2 is 1.81 bits per heavy atom. The highest BCUT2D eigenvalue weighted by Gasteiger charge is 2.38. The van der Waals surface area contributed by atoms with Gasteiger partial charge < -0.3 is 14.6 Å². The molecule has 1 heterocycles. The first-order chi connectivity index (χ1) is 15.3. The molecule has 0 unspecified atom stereocenters. The third kappa shape index (κ3) is 4.39. The normalized spacial score (nSPS) is 14.1. The summed E-state index contributed by atoms with van der Waals surface area (Å²) in [6.07, 6.45) is 0.590. The van der Waals surface area contributed by atoms with Crippen molar-refractivity contribution in [2.75, 3.05) is 18.6 Å². The van der Waals surface area contributed by atoms with E-state index in [1.165, 1.54) is 32.2 Å². The summed E-state index contributed by atoms with van der Waals surface area (Å²) < 4.78 is 9.64. The zero-order chi connectivity index (χ0) is 23.4. The van der Waals surface area contributed by atoms with Gasteiger partial charge in [-0.15, -0.1) is 0 Å². The van der Waals surface area contributed by atoms with Gasteiger partial charge in [0.2, 0.25) is 5.91 Å². The molecule has 0 spiro atoms. The van der Waals surface area contributed by atoms with E-state index in [1.807, 2.05) is 0 Å². The summed E-state index contributed by atoms with van der Waals surface area (Å²) in [7, 11) is 1.23. The lowest BCUT2D eigenvalue weighted by Crippen LogP contribution is -2.31. The zero-order valence-corrected chi connectivity index (χ0v) is 18.0. The van der Waals surface area contributed by atoms with Crippen LogP contribution in [-0.4, -0.2) is 42.6 Å². The Kier molecular flexibility index (Phi) is 6.73. The molecule has 2 aromatic carbocycles. The molecule has 0 atom stereocenters. The molecule has 0 saturated carbocycles. The number of carbonyl (C=O) groups is 4. The molecule has 0 saturated heterocycles. The van der Waals surface area contributed by atoms with Crippen LogP contribution in [-0.2, 0) is 30.3 Å². The van der Waals surface area contributed by atoms with E-state index < -0.39 is 17.8 Å². The summed E-state index contributed by atoms with van der Waals surface area (Å²) in [6.45, 7) is 3.26. The summed E-state index contributed by atoms with van der Waals surface area (Å²) in [4.78, 5) is 49.7.